The lowest BCUT2D eigenvalue weighted by atomic mass is 9.96. The van der Waals surface area contributed by atoms with Crippen LogP contribution < -0.4 is 10.1 Å². The minimum Gasteiger partial charge on any atom is -0.497 e. The molecule has 0 aliphatic carbocycles. The number of hydrogen-bond acceptors (Lipinski definition) is 5. The molecule has 0 radical (unpaired) electrons. The van der Waals surface area contributed by atoms with E-state index in [1.54, 1.807) is 7.11 Å². The summed E-state index contributed by atoms with van der Waals surface area (Å²) in [6.07, 6.45) is 0.973. The molecule has 30 heavy (non-hydrogen) atoms. The minimum absolute atomic E-state index is 0.00313. The molecule has 1 heterocycles. The number of methoxy groups -OCH3 is 1. The summed E-state index contributed by atoms with van der Waals surface area (Å²) in [5, 5.41) is 12.1. The van der Waals surface area contributed by atoms with Crippen LogP contribution in [0.4, 0.5) is 0 Å². The summed E-state index contributed by atoms with van der Waals surface area (Å²) in [6, 6.07) is 18.0. The molecule has 3 aromatic rings. The van der Waals surface area contributed by atoms with E-state index in [-0.39, 0.29) is 11.2 Å². The average Bonchev–Trinajstić information content (AvgIpc) is 3.14. The van der Waals surface area contributed by atoms with Crippen LogP contribution in [-0.4, -0.2) is 39.6 Å². The van der Waals surface area contributed by atoms with Crippen LogP contribution in [0, 0.1) is 0 Å². The van der Waals surface area contributed by atoms with Crippen molar-refractivity contribution < 1.29 is 9.53 Å². The number of rotatable bonds is 9. The van der Waals surface area contributed by atoms with Gasteiger partial charge in [0.15, 0.2) is 11.0 Å². The van der Waals surface area contributed by atoms with Crippen LogP contribution >= 0.6 is 11.8 Å². The number of ether oxygens (including phenoxy) is 1. The van der Waals surface area contributed by atoms with Crippen LogP contribution in [0.3, 0.4) is 0 Å². The first kappa shape index (κ1) is 21.9. The lowest BCUT2D eigenvalue weighted by molar-refractivity contribution is -0.120. The first-order chi connectivity index (χ1) is 14.5. The Hall–Kier alpha value is -2.80. The summed E-state index contributed by atoms with van der Waals surface area (Å²) in [4.78, 5) is 12.7. The normalized spacial score (nSPS) is 12.9. The van der Waals surface area contributed by atoms with E-state index in [9.17, 15) is 4.79 Å². The van der Waals surface area contributed by atoms with Crippen molar-refractivity contribution in [3.63, 3.8) is 0 Å². The standard InChI is InChI=1S/C23H28N4O2S/c1-5-17(18-9-7-6-8-10-18)15-24-22(28)16(2)30-23-26-25-21(27(23)3)19-11-13-20(29-4)14-12-19/h6-14,16-17H,5,15H2,1-4H3,(H,24,28)/t16-,17-/m0/s1. The van der Waals surface area contributed by atoms with Gasteiger partial charge in [0.1, 0.15) is 5.75 Å². The average molecular weight is 425 g/mol. The highest BCUT2D eigenvalue weighted by atomic mass is 32.2. The Labute approximate surface area is 182 Å². The molecule has 0 saturated carbocycles. The second kappa shape index (κ2) is 10.3. The first-order valence-electron chi connectivity index (χ1n) is 10.1. The lowest BCUT2D eigenvalue weighted by Gasteiger charge is -2.18. The molecule has 1 N–H and O–H groups in total. The molecule has 3 rings (SSSR count). The number of benzene rings is 2. The van der Waals surface area contributed by atoms with Gasteiger partial charge in [-0.2, -0.15) is 0 Å². The number of nitrogens with one attached hydrogen (secondary N) is 1. The van der Waals surface area contributed by atoms with E-state index in [2.05, 4.69) is 34.6 Å². The monoisotopic (exact) mass is 424 g/mol. The molecule has 7 heteroatoms. The fraction of sp³-hybridized carbons (Fsp3) is 0.348. The minimum atomic E-state index is -0.273. The number of amides is 1. The molecular formula is C23H28N4O2S. The molecule has 0 aliphatic rings. The second-order valence-corrected chi connectivity index (χ2v) is 8.42. The molecule has 0 bridgehead atoms. The summed E-state index contributed by atoms with van der Waals surface area (Å²) in [5.41, 5.74) is 2.20. The molecule has 158 valence electrons. The number of nitrogens with zero attached hydrogens (tertiary/aromatic N) is 3. The van der Waals surface area contributed by atoms with Crippen LogP contribution in [0.5, 0.6) is 5.75 Å². The summed E-state index contributed by atoms with van der Waals surface area (Å²) >= 11 is 1.41. The van der Waals surface area contributed by atoms with Crippen LogP contribution in [0.1, 0.15) is 31.7 Å². The Morgan fingerprint density at radius 2 is 1.83 bits per heavy atom. The van der Waals surface area contributed by atoms with Gasteiger partial charge in [0.25, 0.3) is 0 Å². The Bertz CT molecular complexity index is 957. The zero-order valence-corrected chi connectivity index (χ0v) is 18.6. The fourth-order valence-corrected chi connectivity index (χ4v) is 4.05. The van der Waals surface area contributed by atoms with E-state index in [4.69, 9.17) is 4.74 Å². The molecule has 1 amide bonds. The molecule has 6 nitrogen and oxygen atoms in total. The van der Waals surface area contributed by atoms with E-state index >= 15 is 0 Å². The maximum atomic E-state index is 12.7. The maximum Gasteiger partial charge on any atom is 0.233 e. The summed E-state index contributed by atoms with van der Waals surface area (Å²) in [7, 11) is 3.55. The first-order valence-corrected chi connectivity index (χ1v) is 10.9. The zero-order valence-electron chi connectivity index (χ0n) is 17.8. The second-order valence-electron chi connectivity index (χ2n) is 7.11. The van der Waals surface area contributed by atoms with Crippen LogP contribution in [0.15, 0.2) is 59.8 Å². The van der Waals surface area contributed by atoms with Crippen molar-refractivity contribution in [1.29, 1.82) is 0 Å². The Morgan fingerprint density at radius 1 is 1.13 bits per heavy atom. The third-order valence-electron chi connectivity index (χ3n) is 5.12. The van der Waals surface area contributed by atoms with E-state index in [0.29, 0.717) is 17.6 Å². The van der Waals surface area contributed by atoms with E-state index in [0.717, 1.165) is 23.6 Å². The largest absolute Gasteiger partial charge is 0.497 e. The van der Waals surface area contributed by atoms with Crippen molar-refractivity contribution >= 4 is 17.7 Å². The van der Waals surface area contributed by atoms with Crippen LogP contribution in [-0.2, 0) is 11.8 Å². The van der Waals surface area contributed by atoms with Gasteiger partial charge in [-0.3, -0.25) is 4.79 Å². The van der Waals surface area contributed by atoms with Gasteiger partial charge in [-0.1, -0.05) is 49.0 Å². The number of carbonyl (C=O) groups is 1. The molecule has 0 fully saturated rings. The van der Waals surface area contributed by atoms with E-state index in [1.807, 2.05) is 61.0 Å². The molecule has 0 spiro atoms. The quantitative estimate of drug-likeness (QED) is 0.519. The van der Waals surface area contributed by atoms with Gasteiger partial charge in [0.05, 0.1) is 12.4 Å². The van der Waals surface area contributed by atoms with Crippen molar-refractivity contribution in [3.05, 3.63) is 60.2 Å². The van der Waals surface area contributed by atoms with Crippen LogP contribution in [0.25, 0.3) is 11.4 Å². The molecule has 0 unspecified atom stereocenters. The number of carbonyl (C=O) groups excluding carboxylic acids is 1. The van der Waals surface area contributed by atoms with Crippen molar-refractivity contribution in [2.24, 2.45) is 7.05 Å². The van der Waals surface area contributed by atoms with Crippen molar-refractivity contribution in [3.8, 4) is 17.1 Å². The molecular weight excluding hydrogens is 396 g/mol. The third kappa shape index (κ3) is 5.21. The molecule has 0 saturated heterocycles. The van der Waals surface area contributed by atoms with E-state index in [1.165, 1.54) is 17.3 Å². The van der Waals surface area contributed by atoms with Crippen LogP contribution in [0.2, 0.25) is 0 Å². The van der Waals surface area contributed by atoms with Gasteiger partial charge < -0.3 is 14.6 Å². The van der Waals surface area contributed by atoms with Gasteiger partial charge in [0, 0.05) is 25.1 Å². The predicted molar refractivity (Wildman–Crippen MR) is 121 cm³/mol. The summed E-state index contributed by atoms with van der Waals surface area (Å²) < 4.78 is 7.12. The topological polar surface area (TPSA) is 69.0 Å². The maximum absolute atomic E-state index is 12.7. The highest BCUT2D eigenvalue weighted by molar-refractivity contribution is 8.00. The summed E-state index contributed by atoms with van der Waals surface area (Å²) in [5.74, 6) is 1.86. The van der Waals surface area contributed by atoms with Gasteiger partial charge in [0.2, 0.25) is 5.91 Å². The number of aromatic nitrogens is 3. The lowest BCUT2D eigenvalue weighted by Crippen LogP contribution is -2.34. The molecule has 2 atom stereocenters. The number of thioether (sulfide) groups is 1. The Kier molecular flexibility index (Phi) is 7.52. The smallest absolute Gasteiger partial charge is 0.233 e. The Balaban J connectivity index is 1.60. The summed E-state index contributed by atoms with van der Waals surface area (Å²) in [6.45, 7) is 4.66. The predicted octanol–water partition coefficient (Wildman–Crippen LogP) is 4.28. The third-order valence-corrected chi connectivity index (χ3v) is 6.25. The molecule has 1 aromatic heterocycles. The van der Waals surface area contributed by atoms with E-state index < -0.39 is 0 Å². The van der Waals surface area contributed by atoms with Crippen molar-refractivity contribution in [2.45, 2.75) is 36.6 Å². The van der Waals surface area contributed by atoms with Gasteiger partial charge in [-0.05, 0) is 43.2 Å². The SMILES string of the molecule is CC[C@@H](CNC(=O)[C@H](C)Sc1nnc(-c2ccc(OC)cc2)n1C)c1ccccc1. The highest BCUT2D eigenvalue weighted by Gasteiger charge is 2.20. The van der Waals surface area contributed by atoms with Crippen molar-refractivity contribution in [1.82, 2.24) is 20.1 Å². The van der Waals surface area contributed by atoms with Gasteiger partial charge in [-0.25, -0.2) is 0 Å². The Morgan fingerprint density at radius 3 is 2.47 bits per heavy atom. The fourth-order valence-electron chi connectivity index (χ4n) is 3.21. The van der Waals surface area contributed by atoms with Gasteiger partial charge >= 0.3 is 0 Å². The van der Waals surface area contributed by atoms with Crippen molar-refractivity contribution in [2.75, 3.05) is 13.7 Å². The highest BCUT2D eigenvalue weighted by Crippen LogP contribution is 2.27. The molecule has 0 aliphatic heterocycles. The zero-order chi connectivity index (χ0) is 21.5. The van der Waals surface area contributed by atoms with Gasteiger partial charge in [-0.15, -0.1) is 10.2 Å². The number of hydrogen-bond donors (Lipinski definition) is 1. The molecule has 2 aromatic carbocycles.